The van der Waals surface area contributed by atoms with Crippen LogP contribution in [0.4, 0.5) is 0 Å². The van der Waals surface area contributed by atoms with Crippen LogP contribution < -0.4 is 10.3 Å². The number of ether oxygens (including phenoxy) is 1. The van der Waals surface area contributed by atoms with Crippen molar-refractivity contribution in [3.8, 4) is 16.9 Å². The Kier molecular flexibility index (Phi) is 2.21. The van der Waals surface area contributed by atoms with Crippen LogP contribution in [0.5, 0.6) is 5.75 Å². The molecule has 0 unspecified atom stereocenters. The lowest BCUT2D eigenvalue weighted by molar-refractivity contribution is 0.414. The first-order valence-electron chi connectivity index (χ1n) is 5.54. The van der Waals surface area contributed by atoms with Gasteiger partial charge in [-0.15, -0.1) is 0 Å². The number of rotatable bonds is 1. The maximum atomic E-state index is 11.3. The summed E-state index contributed by atoms with van der Waals surface area (Å²) in [5.41, 5.74) is 4.04. The van der Waals surface area contributed by atoms with Gasteiger partial charge < -0.3 is 4.74 Å². The standard InChI is InChI=1S/C13H12N2O2/c1-17-9-3-4-10-8(6-9)2-5-12-11(10)7-13(16)15-14-12/h3-4,6-7H,2,5H2,1H3,(H,15,16). The topological polar surface area (TPSA) is 55.0 Å². The van der Waals surface area contributed by atoms with Crippen LogP contribution in [-0.4, -0.2) is 17.3 Å². The highest BCUT2D eigenvalue weighted by Crippen LogP contribution is 2.33. The summed E-state index contributed by atoms with van der Waals surface area (Å²) in [4.78, 5) is 11.3. The van der Waals surface area contributed by atoms with Crippen LogP contribution in [0.2, 0.25) is 0 Å². The van der Waals surface area contributed by atoms with Crippen molar-refractivity contribution in [3.63, 3.8) is 0 Å². The van der Waals surface area contributed by atoms with Gasteiger partial charge in [0.25, 0.3) is 5.56 Å². The van der Waals surface area contributed by atoms with Crippen LogP contribution in [0.15, 0.2) is 29.1 Å². The van der Waals surface area contributed by atoms with Crippen LogP contribution >= 0.6 is 0 Å². The van der Waals surface area contributed by atoms with Gasteiger partial charge in [0.15, 0.2) is 0 Å². The van der Waals surface area contributed by atoms with Crippen LogP contribution in [0.1, 0.15) is 11.3 Å². The van der Waals surface area contributed by atoms with E-state index in [1.54, 1.807) is 13.2 Å². The van der Waals surface area contributed by atoms with Crippen molar-refractivity contribution in [2.75, 3.05) is 7.11 Å². The van der Waals surface area contributed by atoms with E-state index < -0.39 is 0 Å². The molecule has 0 spiro atoms. The summed E-state index contributed by atoms with van der Waals surface area (Å²) >= 11 is 0. The monoisotopic (exact) mass is 228 g/mol. The molecule has 0 atom stereocenters. The Labute approximate surface area is 98.3 Å². The molecule has 0 radical (unpaired) electrons. The molecule has 4 heteroatoms. The lowest BCUT2D eigenvalue weighted by Gasteiger charge is -2.18. The van der Waals surface area contributed by atoms with Crippen LogP contribution in [0.25, 0.3) is 11.1 Å². The molecular formula is C13H12N2O2. The second kappa shape index (κ2) is 3.73. The molecule has 0 saturated carbocycles. The molecule has 0 aliphatic heterocycles. The predicted molar refractivity (Wildman–Crippen MR) is 64.3 cm³/mol. The molecule has 0 amide bonds. The van der Waals surface area contributed by atoms with E-state index in [2.05, 4.69) is 10.2 Å². The minimum atomic E-state index is -0.160. The van der Waals surface area contributed by atoms with E-state index in [0.717, 1.165) is 35.4 Å². The summed E-state index contributed by atoms with van der Waals surface area (Å²) in [5.74, 6) is 0.852. The number of aromatic amines is 1. The number of hydrogen-bond donors (Lipinski definition) is 1. The summed E-state index contributed by atoms with van der Waals surface area (Å²) < 4.78 is 5.21. The molecule has 1 aliphatic carbocycles. The Morgan fingerprint density at radius 3 is 2.94 bits per heavy atom. The lowest BCUT2D eigenvalue weighted by Crippen LogP contribution is -2.14. The molecule has 1 aromatic heterocycles. The van der Waals surface area contributed by atoms with Gasteiger partial charge in [-0.05, 0) is 36.1 Å². The van der Waals surface area contributed by atoms with E-state index in [4.69, 9.17) is 4.74 Å². The number of H-pyrrole nitrogens is 1. The van der Waals surface area contributed by atoms with Gasteiger partial charge in [-0.2, -0.15) is 5.10 Å². The average Bonchev–Trinajstić information content (AvgIpc) is 2.37. The first-order valence-corrected chi connectivity index (χ1v) is 5.54. The van der Waals surface area contributed by atoms with Crippen molar-refractivity contribution >= 4 is 0 Å². The van der Waals surface area contributed by atoms with Crippen molar-refractivity contribution in [1.29, 1.82) is 0 Å². The summed E-state index contributed by atoms with van der Waals surface area (Å²) in [5, 5.41) is 6.57. The molecule has 2 aromatic rings. The van der Waals surface area contributed by atoms with Gasteiger partial charge in [0.05, 0.1) is 12.8 Å². The lowest BCUT2D eigenvalue weighted by atomic mass is 9.89. The molecule has 1 aliphatic rings. The first kappa shape index (κ1) is 10.1. The number of hydrogen-bond acceptors (Lipinski definition) is 3. The zero-order chi connectivity index (χ0) is 11.8. The molecule has 0 fully saturated rings. The molecule has 1 heterocycles. The molecular weight excluding hydrogens is 216 g/mol. The Morgan fingerprint density at radius 1 is 1.24 bits per heavy atom. The summed E-state index contributed by atoms with van der Waals surface area (Å²) in [6, 6.07) is 7.55. The number of fused-ring (bicyclic) bond motifs is 3. The van der Waals surface area contributed by atoms with E-state index in [9.17, 15) is 4.79 Å². The highest BCUT2D eigenvalue weighted by molar-refractivity contribution is 5.72. The largest absolute Gasteiger partial charge is 0.497 e. The smallest absolute Gasteiger partial charge is 0.264 e. The first-order chi connectivity index (χ1) is 8.28. The van der Waals surface area contributed by atoms with Crippen LogP contribution in [-0.2, 0) is 12.8 Å². The fourth-order valence-electron chi connectivity index (χ4n) is 2.27. The Balaban J connectivity index is 2.22. The Hall–Kier alpha value is -2.10. The van der Waals surface area contributed by atoms with Crippen molar-refractivity contribution in [1.82, 2.24) is 10.2 Å². The van der Waals surface area contributed by atoms with Crippen LogP contribution in [0, 0.1) is 0 Å². The summed E-state index contributed by atoms with van der Waals surface area (Å²) in [6.45, 7) is 0. The second-order valence-corrected chi connectivity index (χ2v) is 4.12. The third-order valence-electron chi connectivity index (χ3n) is 3.12. The van der Waals surface area contributed by atoms with Gasteiger partial charge in [-0.25, -0.2) is 5.10 Å². The number of nitrogens with one attached hydrogen (secondary N) is 1. The normalized spacial score (nSPS) is 12.8. The van der Waals surface area contributed by atoms with Crippen molar-refractivity contribution in [2.45, 2.75) is 12.8 Å². The van der Waals surface area contributed by atoms with Gasteiger partial charge in [0.2, 0.25) is 0 Å². The maximum absolute atomic E-state index is 11.3. The third kappa shape index (κ3) is 1.62. The molecule has 1 aromatic carbocycles. The number of nitrogens with zero attached hydrogens (tertiary/aromatic N) is 1. The molecule has 3 rings (SSSR count). The summed E-state index contributed by atoms with van der Waals surface area (Å²) in [7, 11) is 1.66. The fraction of sp³-hybridized carbons (Fsp3) is 0.231. The Morgan fingerprint density at radius 2 is 2.12 bits per heavy atom. The summed E-state index contributed by atoms with van der Waals surface area (Å²) in [6.07, 6.45) is 1.78. The third-order valence-corrected chi connectivity index (χ3v) is 3.12. The van der Waals surface area contributed by atoms with Crippen molar-refractivity contribution in [3.05, 3.63) is 45.9 Å². The van der Waals surface area contributed by atoms with Crippen molar-refractivity contribution < 1.29 is 4.74 Å². The second-order valence-electron chi connectivity index (χ2n) is 4.12. The van der Waals surface area contributed by atoms with Gasteiger partial charge in [-0.1, -0.05) is 6.07 Å². The Bertz CT molecular complexity index is 632. The quantitative estimate of drug-likeness (QED) is 0.805. The van der Waals surface area contributed by atoms with E-state index >= 15 is 0 Å². The van der Waals surface area contributed by atoms with E-state index in [-0.39, 0.29) is 5.56 Å². The fourth-order valence-corrected chi connectivity index (χ4v) is 2.27. The number of aryl methyl sites for hydroxylation is 2. The van der Waals surface area contributed by atoms with Gasteiger partial charge in [0.1, 0.15) is 5.75 Å². The number of benzene rings is 1. The van der Waals surface area contributed by atoms with Gasteiger partial charge >= 0.3 is 0 Å². The minimum absolute atomic E-state index is 0.160. The van der Waals surface area contributed by atoms with Gasteiger partial charge in [0, 0.05) is 11.6 Å². The zero-order valence-corrected chi connectivity index (χ0v) is 9.49. The van der Waals surface area contributed by atoms with E-state index in [1.807, 2.05) is 18.2 Å². The highest BCUT2D eigenvalue weighted by atomic mass is 16.5. The number of aromatic nitrogens is 2. The predicted octanol–water partition coefficient (Wildman–Crippen LogP) is 1.54. The average molecular weight is 228 g/mol. The SMILES string of the molecule is COc1ccc2c(c1)CCc1n[nH]c(=O)cc1-2. The molecule has 0 bridgehead atoms. The van der Waals surface area contributed by atoms with Gasteiger partial charge in [-0.3, -0.25) is 4.79 Å². The molecule has 17 heavy (non-hydrogen) atoms. The molecule has 0 saturated heterocycles. The van der Waals surface area contributed by atoms with Crippen LogP contribution in [0.3, 0.4) is 0 Å². The minimum Gasteiger partial charge on any atom is -0.497 e. The molecule has 1 N–H and O–H groups in total. The van der Waals surface area contributed by atoms with E-state index in [1.165, 1.54) is 5.56 Å². The zero-order valence-electron chi connectivity index (χ0n) is 9.49. The molecule has 4 nitrogen and oxygen atoms in total. The maximum Gasteiger partial charge on any atom is 0.264 e. The highest BCUT2D eigenvalue weighted by Gasteiger charge is 2.18. The van der Waals surface area contributed by atoms with Crippen molar-refractivity contribution in [2.24, 2.45) is 0 Å². The van der Waals surface area contributed by atoms with E-state index in [0.29, 0.717) is 0 Å². The molecule has 86 valence electrons. The number of methoxy groups -OCH3 is 1.